The largest absolute Gasteiger partial charge is 0.360 e. The summed E-state index contributed by atoms with van der Waals surface area (Å²) in [6, 6.07) is 5.97. The molecule has 76 valence electrons. The Labute approximate surface area is 88.6 Å². The molecule has 0 aliphatic heterocycles. The first-order valence-electron chi connectivity index (χ1n) is 4.97. The van der Waals surface area contributed by atoms with E-state index in [0.29, 0.717) is 0 Å². The summed E-state index contributed by atoms with van der Waals surface area (Å²) in [7, 11) is 0. The molecule has 0 saturated carbocycles. The number of hydrogen-bond donors (Lipinski definition) is 1. The molecule has 0 aliphatic rings. The summed E-state index contributed by atoms with van der Waals surface area (Å²) in [5.41, 5.74) is 2.95. The quantitative estimate of drug-likeness (QED) is 0.584. The second-order valence-electron chi connectivity index (χ2n) is 3.56. The number of carbonyl (C=O) groups excluding carboxylic acids is 1. The number of H-pyrrole nitrogens is 1. The summed E-state index contributed by atoms with van der Waals surface area (Å²) in [5.74, 6) is 0.0503. The van der Waals surface area contributed by atoms with Gasteiger partial charge in [0, 0.05) is 22.7 Å². The van der Waals surface area contributed by atoms with Crippen molar-refractivity contribution in [1.29, 1.82) is 0 Å². The standard InChI is InChI=1S/C13H13NO/c1-3-5-12(15)11-8-14-13-9(2)6-4-7-10(11)13/h3-8,14H,1-2H3. The molecule has 1 aromatic heterocycles. The number of hydrogen-bond acceptors (Lipinski definition) is 1. The number of nitrogens with one attached hydrogen (secondary N) is 1. The van der Waals surface area contributed by atoms with Gasteiger partial charge in [-0.25, -0.2) is 0 Å². The van der Waals surface area contributed by atoms with Gasteiger partial charge in [-0.3, -0.25) is 4.79 Å². The van der Waals surface area contributed by atoms with Crippen molar-refractivity contribution >= 4 is 16.7 Å². The third-order valence-corrected chi connectivity index (χ3v) is 2.51. The minimum absolute atomic E-state index is 0.0503. The fraction of sp³-hybridized carbons (Fsp3) is 0.154. The van der Waals surface area contributed by atoms with Crippen LogP contribution in [0.15, 0.2) is 36.5 Å². The van der Waals surface area contributed by atoms with E-state index in [2.05, 4.69) is 4.98 Å². The predicted octanol–water partition coefficient (Wildman–Crippen LogP) is 3.24. The molecule has 0 unspecified atom stereocenters. The molecular formula is C13H13NO. The summed E-state index contributed by atoms with van der Waals surface area (Å²) in [6.07, 6.45) is 5.13. The maximum Gasteiger partial charge on any atom is 0.187 e. The van der Waals surface area contributed by atoms with Crippen LogP contribution in [0.4, 0.5) is 0 Å². The monoisotopic (exact) mass is 199 g/mol. The average Bonchev–Trinajstić information content (AvgIpc) is 2.63. The summed E-state index contributed by atoms with van der Waals surface area (Å²) in [6.45, 7) is 3.88. The summed E-state index contributed by atoms with van der Waals surface area (Å²) >= 11 is 0. The number of fused-ring (bicyclic) bond motifs is 1. The second kappa shape index (κ2) is 3.73. The van der Waals surface area contributed by atoms with Gasteiger partial charge in [0.05, 0.1) is 0 Å². The van der Waals surface area contributed by atoms with Crippen molar-refractivity contribution in [2.24, 2.45) is 0 Å². The van der Waals surface area contributed by atoms with Gasteiger partial charge in [-0.05, 0) is 25.5 Å². The lowest BCUT2D eigenvalue weighted by Gasteiger charge is -1.96. The van der Waals surface area contributed by atoms with E-state index in [1.54, 1.807) is 18.3 Å². The van der Waals surface area contributed by atoms with Crippen molar-refractivity contribution in [3.63, 3.8) is 0 Å². The van der Waals surface area contributed by atoms with E-state index in [9.17, 15) is 4.79 Å². The fourth-order valence-electron chi connectivity index (χ4n) is 1.75. The van der Waals surface area contributed by atoms with E-state index < -0.39 is 0 Å². The molecule has 0 bridgehead atoms. The number of aromatic amines is 1. The maximum atomic E-state index is 11.7. The van der Waals surface area contributed by atoms with Crippen molar-refractivity contribution in [2.45, 2.75) is 13.8 Å². The zero-order chi connectivity index (χ0) is 10.8. The summed E-state index contributed by atoms with van der Waals surface area (Å²) in [5, 5.41) is 0.998. The van der Waals surface area contributed by atoms with Crippen LogP contribution in [-0.4, -0.2) is 10.8 Å². The van der Waals surface area contributed by atoms with Gasteiger partial charge in [-0.2, -0.15) is 0 Å². The maximum absolute atomic E-state index is 11.7. The molecule has 15 heavy (non-hydrogen) atoms. The first-order chi connectivity index (χ1) is 7.24. The van der Waals surface area contributed by atoms with Gasteiger partial charge in [0.15, 0.2) is 5.78 Å². The molecule has 2 rings (SSSR count). The molecule has 1 N–H and O–H groups in total. The van der Waals surface area contributed by atoms with Crippen LogP contribution >= 0.6 is 0 Å². The second-order valence-corrected chi connectivity index (χ2v) is 3.56. The third-order valence-electron chi connectivity index (χ3n) is 2.51. The minimum Gasteiger partial charge on any atom is -0.360 e. The molecule has 0 radical (unpaired) electrons. The zero-order valence-electron chi connectivity index (χ0n) is 8.87. The van der Waals surface area contributed by atoms with Gasteiger partial charge in [-0.15, -0.1) is 0 Å². The fourth-order valence-corrected chi connectivity index (χ4v) is 1.75. The van der Waals surface area contributed by atoms with Gasteiger partial charge in [0.1, 0.15) is 0 Å². The van der Waals surface area contributed by atoms with Crippen molar-refractivity contribution < 1.29 is 4.79 Å². The smallest absolute Gasteiger partial charge is 0.187 e. The highest BCUT2D eigenvalue weighted by Gasteiger charge is 2.09. The number of ketones is 1. The predicted molar refractivity (Wildman–Crippen MR) is 62.2 cm³/mol. The highest BCUT2D eigenvalue weighted by molar-refractivity contribution is 6.13. The third kappa shape index (κ3) is 1.59. The van der Waals surface area contributed by atoms with Crippen molar-refractivity contribution in [3.05, 3.63) is 47.7 Å². The molecule has 2 heteroatoms. The Morgan fingerprint density at radius 3 is 2.93 bits per heavy atom. The van der Waals surface area contributed by atoms with Crippen LogP contribution in [-0.2, 0) is 0 Å². The van der Waals surface area contributed by atoms with Crippen molar-refractivity contribution in [2.75, 3.05) is 0 Å². The number of aromatic nitrogens is 1. The lowest BCUT2D eigenvalue weighted by Crippen LogP contribution is -1.91. The van der Waals surface area contributed by atoms with Gasteiger partial charge in [-0.1, -0.05) is 24.3 Å². The average molecular weight is 199 g/mol. The summed E-state index contributed by atoms with van der Waals surface area (Å²) < 4.78 is 0. The molecular weight excluding hydrogens is 186 g/mol. The molecule has 0 spiro atoms. The number of carbonyl (C=O) groups is 1. The Kier molecular flexibility index (Phi) is 2.42. The SMILES string of the molecule is CC=CC(=O)c1c[nH]c2c(C)cccc12. The summed E-state index contributed by atoms with van der Waals surface area (Å²) in [4.78, 5) is 14.9. The highest BCUT2D eigenvalue weighted by Crippen LogP contribution is 2.21. The van der Waals surface area contributed by atoms with Crippen LogP contribution in [0.5, 0.6) is 0 Å². The minimum atomic E-state index is 0.0503. The van der Waals surface area contributed by atoms with Gasteiger partial charge < -0.3 is 4.98 Å². The van der Waals surface area contributed by atoms with Crippen LogP contribution < -0.4 is 0 Å². The lowest BCUT2D eigenvalue weighted by molar-refractivity contribution is 0.104. The van der Waals surface area contributed by atoms with Gasteiger partial charge in [0.2, 0.25) is 0 Å². The number of rotatable bonds is 2. The number of aryl methyl sites for hydroxylation is 1. The molecule has 1 heterocycles. The van der Waals surface area contributed by atoms with E-state index in [1.165, 1.54) is 0 Å². The van der Waals surface area contributed by atoms with E-state index in [1.807, 2.05) is 32.0 Å². The molecule has 2 nitrogen and oxygen atoms in total. The molecule has 0 amide bonds. The van der Waals surface area contributed by atoms with E-state index >= 15 is 0 Å². The Hall–Kier alpha value is -1.83. The first-order valence-corrected chi connectivity index (χ1v) is 4.97. The van der Waals surface area contributed by atoms with E-state index in [0.717, 1.165) is 22.0 Å². The van der Waals surface area contributed by atoms with E-state index in [-0.39, 0.29) is 5.78 Å². The van der Waals surface area contributed by atoms with E-state index in [4.69, 9.17) is 0 Å². The Morgan fingerprint density at radius 2 is 2.20 bits per heavy atom. The van der Waals surface area contributed by atoms with Gasteiger partial charge in [0.25, 0.3) is 0 Å². The number of allylic oxidation sites excluding steroid dienone is 2. The van der Waals surface area contributed by atoms with Crippen molar-refractivity contribution in [1.82, 2.24) is 4.98 Å². The Morgan fingerprint density at radius 1 is 1.40 bits per heavy atom. The number of benzene rings is 1. The Balaban J connectivity index is 2.64. The number of para-hydroxylation sites is 1. The molecule has 0 fully saturated rings. The van der Waals surface area contributed by atoms with Crippen LogP contribution in [0, 0.1) is 6.92 Å². The van der Waals surface area contributed by atoms with Crippen LogP contribution in [0.1, 0.15) is 22.8 Å². The topological polar surface area (TPSA) is 32.9 Å². The molecule has 0 atom stereocenters. The zero-order valence-corrected chi connectivity index (χ0v) is 8.87. The van der Waals surface area contributed by atoms with Crippen LogP contribution in [0.3, 0.4) is 0 Å². The lowest BCUT2D eigenvalue weighted by atomic mass is 10.1. The molecule has 0 saturated heterocycles. The molecule has 1 aromatic carbocycles. The van der Waals surface area contributed by atoms with Gasteiger partial charge >= 0.3 is 0 Å². The van der Waals surface area contributed by atoms with Crippen molar-refractivity contribution in [3.8, 4) is 0 Å². The first kappa shape index (κ1) is 9.71. The molecule has 0 aliphatic carbocycles. The normalized spacial score (nSPS) is 11.3. The Bertz CT molecular complexity index is 534. The highest BCUT2D eigenvalue weighted by atomic mass is 16.1. The van der Waals surface area contributed by atoms with Crippen LogP contribution in [0.25, 0.3) is 10.9 Å². The van der Waals surface area contributed by atoms with Crippen LogP contribution in [0.2, 0.25) is 0 Å². The molecule has 2 aromatic rings.